The number of thioether (sulfide) groups is 2. The molecule has 0 unspecified atom stereocenters. The van der Waals surface area contributed by atoms with Crippen LogP contribution >= 0.6 is 23.5 Å². The van der Waals surface area contributed by atoms with E-state index in [1.54, 1.807) is 0 Å². The lowest BCUT2D eigenvalue weighted by atomic mass is 10.3. The van der Waals surface area contributed by atoms with E-state index in [1.165, 1.54) is 0 Å². The summed E-state index contributed by atoms with van der Waals surface area (Å²) in [5.74, 6) is 0. The van der Waals surface area contributed by atoms with E-state index in [4.69, 9.17) is 10.5 Å². The Kier molecular flexibility index (Phi) is 5.83. The highest BCUT2D eigenvalue weighted by atomic mass is 32.2. The summed E-state index contributed by atoms with van der Waals surface area (Å²) < 4.78 is 0. The Morgan fingerprint density at radius 3 is 1.71 bits per heavy atom. The fraction of sp³-hybridized carbons (Fsp3) is 0.0667. The number of thiocyanates is 2. The topological polar surface area (TPSA) is 71.6 Å². The summed E-state index contributed by atoms with van der Waals surface area (Å²) in [5, 5.41) is 27.9. The molecule has 2 aromatic carbocycles. The van der Waals surface area contributed by atoms with Crippen molar-refractivity contribution in [3.8, 4) is 10.8 Å². The Balaban J connectivity index is 1.89. The van der Waals surface area contributed by atoms with E-state index in [0.717, 1.165) is 44.7 Å². The third-order valence-corrected chi connectivity index (χ3v) is 3.74. The Hall–Kier alpha value is -2.28. The molecular weight excluding hydrogens is 300 g/mol. The molecule has 0 aromatic heterocycles. The molecule has 0 aliphatic heterocycles. The first-order valence-corrected chi connectivity index (χ1v) is 7.75. The summed E-state index contributed by atoms with van der Waals surface area (Å²) in [7, 11) is 0. The van der Waals surface area contributed by atoms with Crippen molar-refractivity contribution in [1.82, 2.24) is 0 Å². The monoisotopic (exact) mass is 312 g/mol. The molecule has 0 fully saturated rings. The van der Waals surface area contributed by atoms with E-state index in [9.17, 15) is 0 Å². The second-order valence-corrected chi connectivity index (χ2v) is 5.69. The van der Waals surface area contributed by atoms with Crippen LogP contribution in [0.3, 0.4) is 0 Å². The van der Waals surface area contributed by atoms with Crippen LogP contribution in [-0.4, -0.2) is 6.67 Å². The summed E-state index contributed by atoms with van der Waals surface area (Å²) >= 11 is 2.28. The van der Waals surface area contributed by atoms with Gasteiger partial charge in [-0.25, -0.2) is 0 Å². The number of hydrogen-bond donors (Lipinski definition) is 2. The maximum Gasteiger partial charge on any atom is 0.138 e. The van der Waals surface area contributed by atoms with Crippen LogP contribution in [-0.2, 0) is 0 Å². The zero-order valence-corrected chi connectivity index (χ0v) is 12.7. The zero-order chi connectivity index (χ0) is 14.9. The molecule has 0 aliphatic carbocycles. The molecule has 0 heterocycles. The van der Waals surface area contributed by atoms with Crippen molar-refractivity contribution in [1.29, 1.82) is 10.5 Å². The van der Waals surface area contributed by atoms with Crippen LogP contribution in [0.4, 0.5) is 11.4 Å². The Labute approximate surface area is 132 Å². The molecule has 0 bridgehead atoms. The predicted molar refractivity (Wildman–Crippen MR) is 87.9 cm³/mol. The van der Waals surface area contributed by atoms with E-state index < -0.39 is 0 Å². The van der Waals surface area contributed by atoms with E-state index >= 15 is 0 Å². The number of benzene rings is 2. The fourth-order valence-electron chi connectivity index (χ4n) is 1.69. The number of nitrogens with one attached hydrogen (secondary N) is 2. The minimum atomic E-state index is 0.557. The molecule has 0 atom stereocenters. The van der Waals surface area contributed by atoms with E-state index in [1.807, 2.05) is 48.5 Å². The summed E-state index contributed by atoms with van der Waals surface area (Å²) in [4.78, 5) is 1.82. The highest BCUT2D eigenvalue weighted by Gasteiger charge is 1.98. The average molecular weight is 312 g/mol. The third-order valence-electron chi connectivity index (χ3n) is 2.58. The smallest absolute Gasteiger partial charge is 0.138 e. The van der Waals surface area contributed by atoms with E-state index in [0.29, 0.717) is 6.67 Å². The molecule has 2 rings (SSSR count). The molecule has 0 radical (unpaired) electrons. The first kappa shape index (κ1) is 15.1. The van der Waals surface area contributed by atoms with Crippen LogP contribution in [0.15, 0.2) is 58.3 Å². The molecular formula is C15H12N4S2. The molecule has 6 heteroatoms. The molecule has 104 valence electrons. The Morgan fingerprint density at radius 2 is 1.29 bits per heavy atom. The van der Waals surface area contributed by atoms with Crippen molar-refractivity contribution in [3.63, 3.8) is 0 Å². The molecule has 0 aliphatic rings. The summed E-state index contributed by atoms with van der Waals surface area (Å²) in [6.45, 7) is 0.557. The van der Waals surface area contributed by atoms with E-state index in [2.05, 4.69) is 21.4 Å². The summed E-state index contributed by atoms with van der Waals surface area (Å²) in [6.07, 6.45) is 0. The van der Waals surface area contributed by atoms with Crippen LogP contribution in [0.1, 0.15) is 0 Å². The summed E-state index contributed by atoms with van der Waals surface area (Å²) in [5.41, 5.74) is 1.90. The molecule has 2 aromatic rings. The third kappa shape index (κ3) is 4.96. The second kappa shape index (κ2) is 8.11. The van der Waals surface area contributed by atoms with Gasteiger partial charge in [0.25, 0.3) is 0 Å². The number of nitrogens with zero attached hydrogens (tertiary/aromatic N) is 2. The van der Waals surface area contributed by atoms with Crippen molar-refractivity contribution in [2.24, 2.45) is 0 Å². The van der Waals surface area contributed by atoms with Gasteiger partial charge in [0.05, 0.1) is 6.67 Å². The number of nitriles is 2. The molecule has 21 heavy (non-hydrogen) atoms. The standard InChI is InChI=1S/C15H12N4S2/c16-9-20-14-5-1-3-12(7-14)18-11-19-13-4-2-6-15(8-13)21-10-17/h1-8,18-19H,11H2. The Morgan fingerprint density at radius 1 is 0.810 bits per heavy atom. The molecule has 0 saturated heterocycles. The summed E-state index contributed by atoms with van der Waals surface area (Å²) in [6, 6.07) is 15.4. The van der Waals surface area contributed by atoms with Crippen LogP contribution in [0.25, 0.3) is 0 Å². The lowest BCUT2D eigenvalue weighted by Gasteiger charge is -2.10. The van der Waals surface area contributed by atoms with Crippen LogP contribution in [0.2, 0.25) is 0 Å². The second-order valence-electron chi connectivity index (χ2n) is 3.97. The van der Waals surface area contributed by atoms with Gasteiger partial charge in [0.2, 0.25) is 0 Å². The zero-order valence-electron chi connectivity index (χ0n) is 11.0. The lowest BCUT2D eigenvalue weighted by Crippen LogP contribution is -2.11. The first-order valence-electron chi connectivity index (χ1n) is 6.11. The number of hydrogen-bond acceptors (Lipinski definition) is 6. The predicted octanol–water partition coefficient (Wildman–Crippen LogP) is 4.31. The fourth-order valence-corrected chi connectivity index (χ4v) is 2.57. The van der Waals surface area contributed by atoms with Crippen molar-refractivity contribution in [2.45, 2.75) is 9.79 Å². The highest BCUT2D eigenvalue weighted by molar-refractivity contribution is 8.04. The minimum Gasteiger partial charge on any atom is -0.368 e. The first-order chi connectivity index (χ1) is 10.3. The van der Waals surface area contributed by atoms with Gasteiger partial charge in [-0.1, -0.05) is 12.1 Å². The molecule has 0 amide bonds. The SMILES string of the molecule is N#CSc1cccc(NCNc2cccc(SC#N)c2)c1. The largest absolute Gasteiger partial charge is 0.368 e. The minimum absolute atomic E-state index is 0.557. The highest BCUT2D eigenvalue weighted by Crippen LogP contribution is 2.21. The van der Waals surface area contributed by atoms with Gasteiger partial charge in [-0.15, -0.1) is 0 Å². The maximum absolute atomic E-state index is 8.66. The lowest BCUT2D eigenvalue weighted by molar-refractivity contribution is 1.20. The van der Waals surface area contributed by atoms with Gasteiger partial charge in [0.1, 0.15) is 10.8 Å². The van der Waals surface area contributed by atoms with Gasteiger partial charge >= 0.3 is 0 Å². The molecule has 4 nitrogen and oxygen atoms in total. The Bertz CT molecular complexity index is 629. The van der Waals surface area contributed by atoms with Gasteiger partial charge in [-0.05, 0) is 59.9 Å². The molecule has 2 N–H and O–H groups in total. The van der Waals surface area contributed by atoms with Gasteiger partial charge < -0.3 is 10.6 Å². The molecule has 0 saturated carbocycles. The normalized spacial score (nSPS) is 9.43. The number of rotatable bonds is 6. The van der Waals surface area contributed by atoms with Gasteiger partial charge in [0, 0.05) is 21.2 Å². The van der Waals surface area contributed by atoms with Gasteiger partial charge in [-0.2, -0.15) is 10.5 Å². The number of anilines is 2. The van der Waals surface area contributed by atoms with Crippen molar-refractivity contribution in [3.05, 3.63) is 48.5 Å². The maximum atomic E-state index is 8.66. The van der Waals surface area contributed by atoms with Crippen LogP contribution in [0, 0.1) is 21.3 Å². The molecule has 0 spiro atoms. The van der Waals surface area contributed by atoms with Crippen molar-refractivity contribution in [2.75, 3.05) is 17.3 Å². The van der Waals surface area contributed by atoms with Crippen LogP contribution < -0.4 is 10.6 Å². The van der Waals surface area contributed by atoms with Crippen molar-refractivity contribution >= 4 is 34.9 Å². The van der Waals surface area contributed by atoms with Gasteiger partial charge in [0.15, 0.2) is 0 Å². The van der Waals surface area contributed by atoms with E-state index in [-0.39, 0.29) is 0 Å². The van der Waals surface area contributed by atoms with Gasteiger partial charge in [-0.3, -0.25) is 0 Å². The quantitative estimate of drug-likeness (QED) is 0.470. The average Bonchev–Trinajstić information content (AvgIpc) is 2.49. The van der Waals surface area contributed by atoms with Crippen molar-refractivity contribution < 1.29 is 0 Å². The van der Waals surface area contributed by atoms with Crippen LogP contribution in [0.5, 0.6) is 0 Å².